The van der Waals surface area contributed by atoms with Crippen LogP contribution in [0.25, 0.3) is 6.08 Å². The molecule has 1 saturated heterocycles. The number of alkyl halides is 3. The number of aromatic hydroxyl groups is 1. The number of carbonyl (C=O) groups is 2. The highest BCUT2D eigenvalue weighted by Gasteiger charge is 2.36. The van der Waals surface area contributed by atoms with Crippen LogP contribution in [0.1, 0.15) is 25.0 Å². The Kier molecular flexibility index (Phi) is 4.74. The molecule has 0 saturated carbocycles. The molecular weight excluding hydrogens is 331 g/mol. The van der Waals surface area contributed by atoms with Crippen molar-refractivity contribution < 1.29 is 27.9 Å². The van der Waals surface area contributed by atoms with E-state index in [4.69, 9.17) is 0 Å². The molecule has 0 atom stereocenters. The molecule has 0 spiro atoms. The molecule has 0 radical (unpaired) electrons. The summed E-state index contributed by atoms with van der Waals surface area (Å²) in [5, 5.41) is 8.85. The number of imide groups is 1. The summed E-state index contributed by atoms with van der Waals surface area (Å²) in [6, 6.07) is 2.90. The highest BCUT2D eigenvalue weighted by Crippen LogP contribution is 2.38. The maximum Gasteiger partial charge on any atom is 0.419 e. The highest BCUT2D eigenvalue weighted by molar-refractivity contribution is 8.18. The summed E-state index contributed by atoms with van der Waals surface area (Å²) in [4.78, 5) is 25.1. The Morgan fingerprint density at radius 3 is 2.52 bits per heavy atom. The molecule has 23 heavy (non-hydrogen) atoms. The molecular formula is C15H14F3NO3S. The van der Waals surface area contributed by atoms with Crippen LogP contribution in [0.5, 0.6) is 5.75 Å². The molecule has 2 amide bonds. The Hall–Kier alpha value is -1.96. The van der Waals surface area contributed by atoms with E-state index in [-0.39, 0.29) is 22.9 Å². The van der Waals surface area contributed by atoms with Gasteiger partial charge in [0.15, 0.2) is 0 Å². The molecule has 0 unspecified atom stereocenters. The van der Waals surface area contributed by atoms with Crippen LogP contribution in [0.15, 0.2) is 23.1 Å². The number of carbonyl (C=O) groups excluding carboxylic acids is 2. The van der Waals surface area contributed by atoms with Crippen LogP contribution in [0.4, 0.5) is 18.0 Å². The van der Waals surface area contributed by atoms with Gasteiger partial charge in [-0.1, -0.05) is 19.9 Å². The van der Waals surface area contributed by atoms with Gasteiger partial charge in [0.05, 0.1) is 10.5 Å². The van der Waals surface area contributed by atoms with Gasteiger partial charge in [-0.15, -0.1) is 0 Å². The summed E-state index contributed by atoms with van der Waals surface area (Å²) in [6.45, 7) is 3.95. The normalized spacial score (nSPS) is 17.7. The lowest BCUT2D eigenvalue weighted by Crippen LogP contribution is -2.31. The van der Waals surface area contributed by atoms with Crippen molar-refractivity contribution in [1.82, 2.24) is 4.90 Å². The zero-order valence-electron chi connectivity index (χ0n) is 12.3. The van der Waals surface area contributed by atoms with Gasteiger partial charge in [0.1, 0.15) is 5.75 Å². The predicted octanol–water partition coefficient (Wildman–Crippen LogP) is 4.10. The molecule has 0 bridgehead atoms. The highest BCUT2D eigenvalue weighted by atomic mass is 32.2. The zero-order valence-corrected chi connectivity index (χ0v) is 13.2. The maximum atomic E-state index is 12.8. The smallest absolute Gasteiger partial charge is 0.419 e. The van der Waals surface area contributed by atoms with Crippen LogP contribution in [0, 0.1) is 5.92 Å². The van der Waals surface area contributed by atoms with Crippen molar-refractivity contribution in [3.63, 3.8) is 0 Å². The van der Waals surface area contributed by atoms with Crippen LogP contribution in [-0.2, 0) is 11.0 Å². The average molecular weight is 345 g/mol. The van der Waals surface area contributed by atoms with Gasteiger partial charge in [-0.3, -0.25) is 14.5 Å². The van der Waals surface area contributed by atoms with Crippen LogP contribution in [-0.4, -0.2) is 27.7 Å². The van der Waals surface area contributed by atoms with E-state index in [2.05, 4.69) is 0 Å². The molecule has 1 N–H and O–H groups in total. The summed E-state index contributed by atoms with van der Waals surface area (Å²) in [7, 11) is 0. The van der Waals surface area contributed by atoms with Crippen molar-refractivity contribution in [2.24, 2.45) is 5.92 Å². The number of phenolic OH excluding ortho intramolecular Hbond substituents is 1. The molecule has 1 heterocycles. The van der Waals surface area contributed by atoms with E-state index in [0.717, 1.165) is 17.0 Å². The number of halogens is 3. The van der Waals surface area contributed by atoms with Crippen molar-refractivity contribution in [2.45, 2.75) is 20.0 Å². The number of benzene rings is 1. The van der Waals surface area contributed by atoms with Gasteiger partial charge in [-0.05, 0) is 41.5 Å². The van der Waals surface area contributed by atoms with Gasteiger partial charge in [-0.2, -0.15) is 13.2 Å². The Balaban J connectivity index is 2.33. The van der Waals surface area contributed by atoms with E-state index in [1.807, 2.05) is 13.8 Å². The fourth-order valence-electron chi connectivity index (χ4n) is 2.04. The number of hydrogen-bond acceptors (Lipinski definition) is 4. The van der Waals surface area contributed by atoms with Crippen molar-refractivity contribution in [3.05, 3.63) is 34.2 Å². The summed E-state index contributed by atoms with van der Waals surface area (Å²) >= 11 is 0.691. The topological polar surface area (TPSA) is 57.6 Å². The van der Waals surface area contributed by atoms with Gasteiger partial charge in [0, 0.05) is 6.54 Å². The quantitative estimate of drug-likeness (QED) is 0.838. The van der Waals surface area contributed by atoms with Gasteiger partial charge < -0.3 is 5.11 Å². The summed E-state index contributed by atoms with van der Waals surface area (Å²) in [5.74, 6) is -1.31. The first-order chi connectivity index (χ1) is 10.6. The van der Waals surface area contributed by atoms with E-state index in [0.29, 0.717) is 11.8 Å². The molecule has 2 rings (SSSR count). The third kappa shape index (κ3) is 3.87. The van der Waals surface area contributed by atoms with E-state index in [9.17, 15) is 27.9 Å². The first-order valence-corrected chi connectivity index (χ1v) is 7.57. The first-order valence-electron chi connectivity index (χ1n) is 6.75. The molecule has 1 aromatic carbocycles. The maximum absolute atomic E-state index is 12.8. The van der Waals surface area contributed by atoms with Crippen LogP contribution in [0.2, 0.25) is 0 Å². The second-order valence-electron chi connectivity index (χ2n) is 5.46. The second kappa shape index (κ2) is 6.27. The SMILES string of the molecule is CC(C)CN1C(=O)SC(=Cc2ccc(O)c(C(F)(F)F)c2)C1=O. The van der Waals surface area contributed by atoms with Gasteiger partial charge in [0.25, 0.3) is 11.1 Å². The Morgan fingerprint density at radius 2 is 1.96 bits per heavy atom. The monoisotopic (exact) mass is 345 g/mol. The molecule has 1 fully saturated rings. The third-order valence-corrected chi connectivity index (χ3v) is 3.95. The molecule has 1 aliphatic heterocycles. The largest absolute Gasteiger partial charge is 0.507 e. The fourth-order valence-corrected chi connectivity index (χ4v) is 2.89. The third-order valence-electron chi connectivity index (χ3n) is 3.05. The van der Waals surface area contributed by atoms with Crippen LogP contribution >= 0.6 is 11.8 Å². The van der Waals surface area contributed by atoms with Crippen molar-refractivity contribution >= 4 is 29.0 Å². The summed E-state index contributed by atoms with van der Waals surface area (Å²) in [5.41, 5.74) is -1.10. The summed E-state index contributed by atoms with van der Waals surface area (Å²) < 4.78 is 38.3. The first kappa shape index (κ1) is 17.4. The van der Waals surface area contributed by atoms with Gasteiger partial charge in [-0.25, -0.2) is 0 Å². The molecule has 1 aliphatic rings. The fraction of sp³-hybridized carbons (Fsp3) is 0.333. The van der Waals surface area contributed by atoms with Crippen molar-refractivity contribution in [3.8, 4) is 5.75 Å². The minimum absolute atomic E-state index is 0.0643. The van der Waals surface area contributed by atoms with Gasteiger partial charge in [0.2, 0.25) is 0 Å². The molecule has 0 aromatic heterocycles. The van der Waals surface area contributed by atoms with E-state index < -0.39 is 28.6 Å². The lowest BCUT2D eigenvalue weighted by molar-refractivity contribution is -0.138. The standard InChI is InChI=1S/C15H14F3NO3S/c1-8(2)7-19-13(21)12(23-14(19)22)6-9-3-4-11(20)10(5-9)15(16,17)18/h3-6,8,20H,7H2,1-2H3. The Morgan fingerprint density at radius 1 is 1.30 bits per heavy atom. The number of thioether (sulfide) groups is 1. The molecule has 4 nitrogen and oxygen atoms in total. The minimum Gasteiger partial charge on any atom is -0.507 e. The number of hydrogen-bond donors (Lipinski definition) is 1. The lowest BCUT2D eigenvalue weighted by atomic mass is 10.1. The number of rotatable bonds is 3. The van der Waals surface area contributed by atoms with Crippen molar-refractivity contribution in [1.29, 1.82) is 0 Å². The minimum atomic E-state index is -4.70. The molecule has 124 valence electrons. The number of phenols is 1. The van der Waals surface area contributed by atoms with E-state index >= 15 is 0 Å². The van der Waals surface area contributed by atoms with Crippen LogP contribution < -0.4 is 0 Å². The second-order valence-corrected chi connectivity index (χ2v) is 6.45. The Bertz CT molecular complexity index is 683. The Labute approximate surface area is 135 Å². The average Bonchev–Trinajstić information content (AvgIpc) is 2.67. The van der Waals surface area contributed by atoms with Crippen LogP contribution in [0.3, 0.4) is 0 Å². The van der Waals surface area contributed by atoms with Gasteiger partial charge >= 0.3 is 6.18 Å². The molecule has 8 heteroatoms. The predicted molar refractivity (Wildman–Crippen MR) is 80.6 cm³/mol. The zero-order chi connectivity index (χ0) is 17.4. The lowest BCUT2D eigenvalue weighted by Gasteiger charge is -2.14. The van der Waals surface area contributed by atoms with E-state index in [1.54, 1.807) is 0 Å². The summed E-state index contributed by atoms with van der Waals surface area (Å²) in [6.07, 6.45) is -3.48. The number of nitrogens with zero attached hydrogens (tertiary/aromatic N) is 1. The molecule has 1 aromatic rings. The van der Waals surface area contributed by atoms with E-state index in [1.165, 1.54) is 12.1 Å². The number of amides is 2. The van der Waals surface area contributed by atoms with Crippen molar-refractivity contribution in [2.75, 3.05) is 6.54 Å². The molecule has 0 aliphatic carbocycles.